The number of likely N-dealkylation sites (N-methyl/N-ethyl adjacent to an activating group) is 1. The van der Waals surface area contributed by atoms with Crippen LogP contribution < -0.4 is 10.6 Å². The first-order chi connectivity index (χ1) is 12.9. The van der Waals surface area contributed by atoms with Gasteiger partial charge in [-0.25, -0.2) is 0 Å². The minimum atomic E-state index is -0.702. The average Bonchev–Trinajstić information content (AvgIpc) is 2.67. The van der Waals surface area contributed by atoms with Gasteiger partial charge in [0, 0.05) is 41.4 Å². The Morgan fingerprint density at radius 3 is 2.59 bits per heavy atom. The third-order valence-electron chi connectivity index (χ3n) is 5.40. The predicted octanol–water partition coefficient (Wildman–Crippen LogP) is 2.84. The highest BCUT2D eigenvalue weighted by molar-refractivity contribution is 7.85. The molecule has 0 radical (unpaired) electrons. The summed E-state index contributed by atoms with van der Waals surface area (Å²) in [6, 6.07) is 9.34. The zero-order valence-corrected chi connectivity index (χ0v) is 18.3. The lowest BCUT2D eigenvalue weighted by Gasteiger charge is -2.31. The van der Waals surface area contributed by atoms with Crippen molar-refractivity contribution in [3.8, 4) is 0 Å². The molecule has 0 aliphatic heterocycles. The molecule has 27 heavy (non-hydrogen) atoms. The second-order valence-electron chi connectivity index (χ2n) is 7.64. The Morgan fingerprint density at radius 1 is 1.30 bits per heavy atom. The van der Waals surface area contributed by atoms with Gasteiger partial charge in [-0.2, -0.15) is 0 Å². The van der Waals surface area contributed by atoms with Crippen molar-refractivity contribution in [1.29, 1.82) is 0 Å². The smallest absolute Gasteiger partial charge is 0.191 e. The Hall–Kier alpha value is -1.40. The van der Waals surface area contributed by atoms with Gasteiger partial charge in [-0.05, 0) is 45.8 Å². The molecule has 6 heteroatoms. The molecule has 1 aromatic carbocycles. The van der Waals surface area contributed by atoms with Crippen molar-refractivity contribution in [2.45, 2.75) is 56.9 Å². The van der Waals surface area contributed by atoms with Crippen LogP contribution in [-0.2, 0) is 10.8 Å². The molecule has 1 saturated carbocycles. The molecule has 0 aromatic heterocycles. The van der Waals surface area contributed by atoms with Crippen LogP contribution in [0.25, 0.3) is 0 Å². The van der Waals surface area contributed by atoms with Crippen LogP contribution in [-0.4, -0.2) is 59.8 Å². The highest BCUT2D eigenvalue weighted by atomic mass is 32.2. The Bertz CT molecular complexity index is 630. The van der Waals surface area contributed by atoms with E-state index in [1.165, 1.54) is 11.1 Å². The summed E-state index contributed by atoms with van der Waals surface area (Å²) < 4.78 is 12.2. The molecule has 152 valence electrons. The van der Waals surface area contributed by atoms with Crippen LogP contribution in [0.15, 0.2) is 29.3 Å². The molecule has 2 rings (SSSR count). The third kappa shape index (κ3) is 6.61. The Morgan fingerprint density at radius 2 is 2.00 bits per heavy atom. The van der Waals surface area contributed by atoms with E-state index in [4.69, 9.17) is 0 Å². The van der Waals surface area contributed by atoms with E-state index < -0.39 is 10.8 Å². The minimum absolute atomic E-state index is 0.274. The summed E-state index contributed by atoms with van der Waals surface area (Å²) in [4.78, 5) is 6.64. The normalized spacial score (nSPS) is 23.1. The minimum Gasteiger partial charge on any atom is -0.354 e. The molecule has 1 aliphatic carbocycles. The second kappa shape index (κ2) is 10.8. The molecule has 0 bridgehead atoms. The fourth-order valence-electron chi connectivity index (χ4n) is 3.72. The zero-order chi connectivity index (χ0) is 19.8. The van der Waals surface area contributed by atoms with Crippen LogP contribution >= 0.6 is 0 Å². The van der Waals surface area contributed by atoms with Crippen LogP contribution in [0.1, 0.15) is 49.8 Å². The third-order valence-corrected chi connectivity index (χ3v) is 7.14. The Kier molecular flexibility index (Phi) is 8.77. The summed E-state index contributed by atoms with van der Waals surface area (Å²) in [6.07, 6.45) is 4.30. The van der Waals surface area contributed by atoms with E-state index in [0.717, 1.165) is 43.9 Å². The van der Waals surface area contributed by atoms with Crippen LogP contribution in [0.2, 0.25) is 0 Å². The first-order valence-corrected chi connectivity index (χ1v) is 11.4. The second-order valence-corrected chi connectivity index (χ2v) is 9.65. The van der Waals surface area contributed by atoms with Gasteiger partial charge in [0.05, 0.1) is 6.04 Å². The van der Waals surface area contributed by atoms with Gasteiger partial charge in [-0.1, -0.05) is 43.2 Å². The number of rotatable bonds is 7. The number of hydrogen-bond acceptors (Lipinski definition) is 3. The molecule has 1 aromatic rings. The fourth-order valence-corrected chi connectivity index (χ4v) is 5.07. The fraction of sp³-hybridized carbons (Fsp3) is 0.667. The maximum absolute atomic E-state index is 12.2. The number of aliphatic imine (C=N–C) groups is 1. The van der Waals surface area contributed by atoms with E-state index in [9.17, 15) is 4.21 Å². The van der Waals surface area contributed by atoms with Crippen molar-refractivity contribution < 1.29 is 4.21 Å². The van der Waals surface area contributed by atoms with Gasteiger partial charge in [0.25, 0.3) is 0 Å². The van der Waals surface area contributed by atoms with Crippen molar-refractivity contribution in [3.05, 3.63) is 35.4 Å². The predicted molar refractivity (Wildman–Crippen MR) is 117 cm³/mol. The Labute approximate surface area is 167 Å². The molecule has 2 N–H and O–H groups in total. The first kappa shape index (κ1) is 21.9. The topological polar surface area (TPSA) is 56.7 Å². The summed E-state index contributed by atoms with van der Waals surface area (Å²) in [5.41, 5.74) is 2.57. The van der Waals surface area contributed by atoms with Gasteiger partial charge in [-0.15, -0.1) is 0 Å². The van der Waals surface area contributed by atoms with Gasteiger partial charge in [0.1, 0.15) is 0 Å². The number of nitrogens with zero attached hydrogens (tertiary/aromatic N) is 2. The van der Waals surface area contributed by atoms with Gasteiger partial charge < -0.3 is 15.5 Å². The highest BCUT2D eigenvalue weighted by Crippen LogP contribution is 2.23. The van der Waals surface area contributed by atoms with Crippen LogP contribution in [0, 0.1) is 6.92 Å². The van der Waals surface area contributed by atoms with Crippen molar-refractivity contribution in [2.75, 3.05) is 33.4 Å². The summed E-state index contributed by atoms with van der Waals surface area (Å²) in [5.74, 6) is 1.59. The molecule has 1 fully saturated rings. The summed E-state index contributed by atoms with van der Waals surface area (Å²) in [5, 5.41) is 7.37. The summed E-state index contributed by atoms with van der Waals surface area (Å²) >= 11 is 0. The van der Waals surface area contributed by atoms with E-state index in [-0.39, 0.29) is 6.04 Å². The van der Waals surface area contributed by atoms with E-state index in [0.29, 0.717) is 11.3 Å². The average molecular weight is 393 g/mol. The van der Waals surface area contributed by atoms with Crippen molar-refractivity contribution in [2.24, 2.45) is 4.99 Å². The molecular formula is C21H36N4OS. The monoisotopic (exact) mass is 392 g/mol. The quantitative estimate of drug-likeness (QED) is 0.553. The van der Waals surface area contributed by atoms with E-state index in [1.54, 1.807) is 0 Å². The zero-order valence-electron chi connectivity index (χ0n) is 17.5. The van der Waals surface area contributed by atoms with Crippen molar-refractivity contribution >= 4 is 16.8 Å². The number of nitrogens with one attached hydrogen (secondary N) is 2. The van der Waals surface area contributed by atoms with E-state index in [1.807, 2.05) is 14.0 Å². The molecule has 0 heterocycles. The lowest BCUT2D eigenvalue weighted by Crippen LogP contribution is -2.48. The molecule has 0 saturated heterocycles. The van der Waals surface area contributed by atoms with Crippen molar-refractivity contribution in [3.63, 3.8) is 0 Å². The number of aryl methyl sites for hydroxylation is 1. The van der Waals surface area contributed by atoms with Crippen LogP contribution in [0.4, 0.5) is 0 Å². The maximum atomic E-state index is 12.2. The van der Waals surface area contributed by atoms with Gasteiger partial charge in [-0.3, -0.25) is 9.20 Å². The highest BCUT2D eigenvalue weighted by Gasteiger charge is 2.26. The largest absolute Gasteiger partial charge is 0.354 e. The molecular weight excluding hydrogens is 356 g/mol. The lowest BCUT2D eigenvalue weighted by atomic mass is 9.95. The summed E-state index contributed by atoms with van der Waals surface area (Å²) in [6.45, 7) is 4.91. The first-order valence-electron chi connectivity index (χ1n) is 10.0. The SMILES string of the molecule is CCS(=O)C1CCCC(NC(=NC)NCC(c2ccc(C)cc2)N(C)C)C1. The molecule has 1 aliphatic rings. The molecule has 0 spiro atoms. The van der Waals surface area contributed by atoms with Gasteiger partial charge in [0.15, 0.2) is 5.96 Å². The Balaban J connectivity index is 1.93. The number of guanidine groups is 1. The van der Waals surface area contributed by atoms with Crippen LogP contribution in [0.3, 0.4) is 0 Å². The maximum Gasteiger partial charge on any atom is 0.191 e. The molecule has 4 atom stereocenters. The van der Waals surface area contributed by atoms with Crippen molar-refractivity contribution in [1.82, 2.24) is 15.5 Å². The van der Waals surface area contributed by atoms with E-state index >= 15 is 0 Å². The van der Waals surface area contributed by atoms with Crippen LogP contribution in [0.5, 0.6) is 0 Å². The number of benzene rings is 1. The molecule has 4 unspecified atom stereocenters. The standard InChI is InChI=1S/C21H36N4OS/c1-6-27(26)19-9-7-8-18(14-19)24-21(22-3)23-15-20(25(4)5)17-12-10-16(2)11-13-17/h10-13,18-20H,6-9,14-15H2,1-5H3,(H2,22,23,24). The summed E-state index contributed by atoms with van der Waals surface area (Å²) in [7, 11) is 5.32. The number of hydrogen-bond donors (Lipinski definition) is 2. The van der Waals surface area contributed by atoms with Gasteiger partial charge in [0.2, 0.25) is 0 Å². The van der Waals surface area contributed by atoms with E-state index in [2.05, 4.69) is 65.8 Å². The lowest BCUT2D eigenvalue weighted by molar-refractivity contribution is 0.297. The molecule has 5 nitrogen and oxygen atoms in total. The molecule has 0 amide bonds. The van der Waals surface area contributed by atoms with Gasteiger partial charge >= 0.3 is 0 Å².